The molecule has 0 saturated heterocycles. The zero-order valence-electron chi connectivity index (χ0n) is 18.3. The quantitative estimate of drug-likeness (QED) is 0.483. The molecule has 0 aliphatic carbocycles. The molecule has 0 aliphatic heterocycles. The molecule has 0 bridgehead atoms. The van der Waals surface area contributed by atoms with E-state index >= 15 is 0 Å². The molecule has 1 aromatic heterocycles. The summed E-state index contributed by atoms with van der Waals surface area (Å²) in [5.74, 6) is 0.234. The Labute approximate surface area is 173 Å². The molecule has 4 N–H and O–H groups in total. The molecule has 2 atom stereocenters. The molecular weight excluding hydrogens is 380 g/mol. The van der Waals surface area contributed by atoms with Gasteiger partial charge in [-0.25, -0.2) is 0 Å². The first-order valence-electron chi connectivity index (χ1n) is 10.2. The minimum atomic E-state index is -2.47. The standard InChI is InChI=1S/C21H24N2O4.ClH/c1-13(11-14-3-5-15(27-2)6-4-14)22-12-19(25)16-7-9-18(24)21-17(16)8-10-20(26)23-21;/h3-10,13,19,22,24-25H,11-12H2,1-2H3,(H,23,26);1H/t13-,19+;/m1./s1/i2D3;. The predicted octanol–water partition coefficient (Wildman–Crippen LogP) is 2.92. The Balaban J connectivity index is 0.00000341. The first-order valence-corrected chi connectivity index (χ1v) is 8.67. The van der Waals surface area contributed by atoms with Crippen molar-refractivity contribution in [3.05, 3.63) is 70.0 Å². The lowest BCUT2D eigenvalue weighted by Gasteiger charge is -2.19. The smallest absolute Gasteiger partial charge is 0.248 e. The van der Waals surface area contributed by atoms with E-state index < -0.39 is 13.1 Å². The van der Waals surface area contributed by atoms with Gasteiger partial charge in [-0.2, -0.15) is 0 Å². The molecule has 2 aromatic carbocycles. The summed E-state index contributed by atoms with van der Waals surface area (Å²) in [5, 5.41) is 24.4. The van der Waals surface area contributed by atoms with Gasteiger partial charge in [0.2, 0.25) is 5.56 Å². The number of hydrogen-bond donors (Lipinski definition) is 4. The van der Waals surface area contributed by atoms with Crippen molar-refractivity contribution in [2.45, 2.75) is 25.5 Å². The number of hydrogen-bond acceptors (Lipinski definition) is 5. The molecule has 7 heteroatoms. The molecule has 28 heavy (non-hydrogen) atoms. The maximum atomic E-state index is 11.5. The van der Waals surface area contributed by atoms with Gasteiger partial charge in [-0.15, -0.1) is 12.4 Å². The number of aromatic nitrogens is 1. The molecule has 3 rings (SSSR count). The molecule has 6 nitrogen and oxygen atoms in total. The van der Waals surface area contributed by atoms with Crippen LogP contribution in [0, 0.1) is 0 Å². The number of rotatable bonds is 7. The minimum absolute atomic E-state index is 0. The van der Waals surface area contributed by atoms with E-state index in [1.165, 1.54) is 12.1 Å². The van der Waals surface area contributed by atoms with Gasteiger partial charge in [0.15, 0.2) is 0 Å². The molecule has 0 unspecified atom stereocenters. The number of aliphatic hydroxyl groups is 1. The molecule has 0 fully saturated rings. The molecule has 0 aliphatic rings. The summed E-state index contributed by atoms with van der Waals surface area (Å²) in [6.07, 6.45) is -0.166. The lowest BCUT2D eigenvalue weighted by atomic mass is 10.0. The molecule has 0 saturated carbocycles. The van der Waals surface area contributed by atoms with Gasteiger partial charge in [0.25, 0.3) is 0 Å². The zero-order chi connectivity index (χ0) is 21.9. The third kappa shape index (κ3) is 5.04. The third-order valence-electron chi connectivity index (χ3n) is 4.51. The summed E-state index contributed by atoms with van der Waals surface area (Å²) < 4.78 is 26.2. The van der Waals surface area contributed by atoms with Crippen molar-refractivity contribution < 1.29 is 19.1 Å². The number of aromatic hydroxyl groups is 1. The number of halogens is 1. The van der Waals surface area contributed by atoms with Gasteiger partial charge in [0.1, 0.15) is 11.5 Å². The largest absolute Gasteiger partial charge is 0.506 e. The van der Waals surface area contributed by atoms with Crippen LogP contribution in [0.25, 0.3) is 10.9 Å². The van der Waals surface area contributed by atoms with E-state index in [1.54, 1.807) is 36.4 Å². The summed E-state index contributed by atoms with van der Waals surface area (Å²) in [6, 6.07) is 12.9. The number of phenols is 1. The molecule has 150 valence electrons. The second-order valence-corrected chi connectivity index (χ2v) is 6.56. The van der Waals surface area contributed by atoms with Crippen LogP contribution in [0.4, 0.5) is 0 Å². The fraction of sp³-hybridized carbons (Fsp3) is 0.286. The number of H-pyrrole nitrogens is 1. The number of phenolic OH excluding ortho intramolecular Hbond substituents is 1. The second-order valence-electron chi connectivity index (χ2n) is 6.56. The van der Waals surface area contributed by atoms with E-state index in [1.807, 2.05) is 6.92 Å². The van der Waals surface area contributed by atoms with E-state index in [2.05, 4.69) is 10.3 Å². The van der Waals surface area contributed by atoms with Gasteiger partial charge in [-0.3, -0.25) is 4.79 Å². The lowest BCUT2D eigenvalue weighted by molar-refractivity contribution is 0.172. The highest BCUT2D eigenvalue weighted by Gasteiger charge is 2.15. The Bertz CT molecular complexity index is 1070. The lowest BCUT2D eigenvalue weighted by Crippen LogP contribution is -2.32. The zero-order valence-corrected chi connectivity index (χ0v) is 16.1. The van der Waals surface area contributed by atoms with Gasteiger partial charge in [-0.05, 0) is 48.7 Å². The van der Waals surface area contributed by atoms with Gasteiger partial charge in [0.05, 0.1) is 22.8 Å². The van der Waals surface area contributed by atoms with Crippen LogP contribution >= 0.6 is 12.4 Å². The molecule has 0 amide bonds. The number of aliphatic hydroxyl groups excluding tert-OH is 1. The predicted molar refractivity (Wildman–Crippen MR) is 113 cm³/mol. The summed E-state index contributed by atoms with van der Waals surface area (Å²) in [7, 11) is -2.47. The molecule has 0 spiro atoms. The van der Waals surface area contributed by atoms with Crippen LogP contribution in [0.15, 0.2) is 53.3 Å². The highest BCUT2D eigenvalue weighted by Crippen LogP contribution is 2.28. The SMILES string of the molecule is Cl.[2H]C([2H])([2H])Oc1ccc(C[C@@H](C)NC[C@H](O)c2ccc(O)c3[nH]c(=O)ccc23)cc1. The number of benzene rings is 2. The van der Waals surface area contributed by atoms with Crippen LogP contribution in [0.5, 0.6) is 11.5 Å². The van der Waals surface area contributed by atoms with Crippen LogP contribution in [0.3, 0.4) is 0 Å². The topological polar surface area (TPSA) is 94.6 Å². The average molecular weight is 408 g/mol. The summed E-state index contributed by atoms with van der Waals surface area (Å²) in [6.45, 7) is 2.26. The van der Waals surface area contributed by atoms with Gasteiger partial charge >= 0.3 is 0 Å². The fourth-order valence-corrected chi connectivity index (χ4v) is 3.09. The molecule has 3 aromatic rings. The van der Waals surface area contributed by atoms with Gasteiger partial charge in [-0.1, -0.05) is 18.2 Å². The van der Waals surface area contributed by atoms with Crippen molar-refractivity contribution in [3.63, 3.8) is 0 Å². The number of methoxy groups -OCH3 is 1. The van der Waals surface area contributed by atoms with Crippen molar-refractivity contribution in [2.24, 2.45) is 0 Å². The van der Waals surface area contributed by atoms with Crippen LogP contribution < -0.4 is 15.6 Å². The summed E-state index contributed by atoms with van der Waals surface area (Å²) in [5.41, 5.74) is 1.57. The monoisotopic (exact) mass is 407 g/mol. The Morgan fingerprint density at radius 1 is 1.18 bits per heavy atom. The Morgan fingerprint density at radius 2 is 1.93 bits per heavy atom. The van der Waals surface area contributed by atoms with E-state index in [9.17, 15) is 15.0 Å². The van der Waals surface area contributed by atoms with Crippen molar-refractivity contribution in [1.82, 2.24) is 10.3 Å². The van der Waals surface area contributed by atoms with Gasteiger partial charge in [0, 0.05) is 24.0 Å². The van der Waals surface area contributed by atoms with E-state index in [4.69, 9.17) is 8.85 Å². The first-order chi connectivity index (χ1) is 14.1. The van der Waals surface area contributed by atoms with E-state index in [0.717, 1.165) is 5.56 Å². The second kappa shape index (κ2) is 9.59. The Hall–Kier alpha value is -2.54. The van der Waals surface area contributed by atoms with Crippen molar-refractivity contribution in [3.8, 4) is 11.5 Å². The molecule has 1 heterocycles. The maximum absolute atomic E-state index is 11.5. The van der Waals surface area contributed by atoms with Crippen molar-refractivity contribution in [1.29, 1.82) is 0 Å². The van der Waals surface area contributed by atoms with Crippen LogP contribution in [-0.4, -0.2) is 34.8 Å². The number of pyridine rings is 1. The van der Waals surface area contributed by atoms with E-state index in [-0.39, 0.29) is 42.1 Å². The number of ether oxygens (including phenoxy) is 1. The fourth-order valence-electron chi connectivity index (χ4n) is 3.09. The summed E-state index contributed by atoms with van der Waals surface area (Å²) in [4.78, 5) is 14.1. The highest BCUT2D eigenvalue weighted by atomic mass is 35.5. The number of nitrogens with one attached hydrogen (secondary N) is 2. The number of aromatic amines is 1. The third-order valence-corrected chi connectivity index (χ3v) is 4.51. The highest BCUT2D eigenvalue weighted by molar-refractivity contribution is 5.87. The summed E-state index contributed by atoms with van der Waals surface area (Å²) >= 11 is 0. The van der Waals surface area contributed by atoms with Crippen LogP contribution in [-0.2, 0) is 6.42 Å². The molecule has 0 radical (unpaired) electrons. The maximum Gasteiger partial charge on any atom is 0.248 e. The van der Waals surface area contributed by atoms with Crippen LogP contribution in [0.1, 0.15) is 28.3 Å². The average Bonchev–Trinajstić information content (AvgIpc) is 2.67. The van der Waals surface area contributed by atoms with Crippen molar-refractivity contribution in [2.75, 3.05) is 13.6 Å². The van der Waals surface area contributed by atoms with Crippen LogP contribution in [0.2, 0.25) is 0 Å². The van der Waals surface area contributed by atoms with Gasteiger partial charge < -0.3 is 25.3 Å². The molecular formula is C21H25ClN2O4. The Morgan fingerprint density at radius 3 is 2.64 bits per heavy atom. The normalized spacial score (nSPS) is 15.0. The van der Waals surface area contributed by atoms with E-state index in [0.29, 0.717) is 22.9 Å². The van der Waals surface area contributed by atoms with Crippen molar-refractivity contribution >= 4 is 23.3 Å². The Kier molecular flexibility index (Phi) is 6.01. The number of fused-ring (bicyclic) bond motifs is 1. The first kappa shape index (κ1) is 17.6. The minimum Gasteiger partial charge on any atom is -0.506 e.